The molecule has 0 spiro atoms. The van der Waals surface area contributed by atoms with Gasteiger partial charge in [-0.05, 0) is 6.92 Å². The predicted molar refractivity (Wildman–Crippen MR) is 35.6 cm³/mol. The van der Waals surface area contributed by atoms with E-state index >= 15 is 0 Å². The minimum absolute atomic E-state index is 0.00306. The molecule has 3 heteroatoms. The summed E-state index contributed by atoms with van der Waals surface area (Å²) < 4.78 is 18.1. The lowest BCUT2D eigenvalue weighted by molar-refractivity contribution is -0.0322. The molecule has 0 amide bonds. The Morgan fingerprint density at radius 2 is 2.50 bits per heavy atom. The summed E-state index contributed by atoms with van der Waals surface area (Å²) in [5.41, 5.74) is -0.714. The summed E-state index contributed by atoms with van der Waals surface area (Å²) in [5.74, 6) is 0. The zero-order valence-electron chi connectivity index (χ0n) is 6.14. The van der Waals surface area contributed by atoms with E-state index in [1.54, 1.807) is 6.92 Å². The second-order valence-electron chi connectivity index (χ2n) is 2.89. The molecule has 0 bridgehead atoms. The number of hydrogen-bond donors (Lipinski definition) is 1. The van der Waals surface area contributed by atoms with E-state index in [1.807, 2.05) is 0 Å². The maximum absolute atomic E-state index is 12.9. The van der Waals surface area contributed by atoms with E-state index in [-0.39, 0.29) is 6.61 Å². The van der Waals surface area contributed by atoms with Crippen LogP contribution >= 0.6 is 0 Å². The van der Waals surface area contributed by atoms with Crippen LogP contribution < -0.4 is 0 Å². The number of rotatable bonds is 2. The fourth-order valence-corrected chi connectivity index (χ4v) is 1.24. The Hall–Kier alpha value is -0.150. The first-order valence-corrected chi connectivity index (χ1v) is 3.58. The fourth-order valence-electron chi connectivity index (χ4n) is 1.24. The quantitative estimate of drug-likeness (QED) is 0.630. The van der Waals surface area contributed by atoms with Gasteiger partial charge in [0.2, 0.25) is 0 Å². The van der Waals surface area contributed by atoms with Crippen LogP contribution in [0.15, 0.2) is 0 Å². The Morgan fingerprint density at radius 3 is 2.90 bits per heavy atom. The molecule has 1 saturated heterocycles. The third kappa shape index (κ3) is 1.30. The summed E-state index contributed by atoms with van der Waals surface area (Å²) in [4.78, 5) is 0. The van der Waals surface area contributed by atoms with Crippen LogP contribution in [0.1, 0.15) is 19.8 Å². The molecule has 0 aromatic heterocycles. The minimum atomic E-state index is -0.903. The molecule has 1 N–H and O–H groups in total. The van der Waals surface area contributed by atoms with Crippen LogP contribution in [0.3, 0.4) is 0 Å². The van der Waals surface area contributed by atoms with Gasteiger partial charge in [-0.1, -0.05) is 0 Å². The van der Waals surface area contributed by atoms with Crippen LogP contribution in [0.5, 0.6) is 0 Å². The molecule has 0 aromatic carbocycles. The molecule has 1 aliphatic heterocycles. The smallest absolute Gasteiger partial charge is 0.131 e. The summed E-state index contributed by atoms with van der Waals surface area (Å²) in [7, 11) is 0. The number of hydrogen-bond acceptors (Lipinski definition) is 2. The van der Waals surface area contributed by atoms with Crippen molar-refractivity contribution in [1.82, 2.24) is 0 Å². The summed E-state index contributed by atoms with van der Waals surface area (Å²) in [6, 6.07) is 0. The van der Waals surface area contributed by atoms with Crippen molar-refractivity contribution in [3.8, 4) is 0 Å². The fraction of sp³-hybridized carbons (Fsp3) is 1.00. The summed E-state index contributed by atoms with van der Waals surface area (Å²) in [5, 5.41) is 8.56. The van der Waals surface area contributed by atoms with Crippen molar-refractivity contribution in [3.63, 3.8) is 0 Å². The van der Waals surface area contributed by atoms with Gasteiger partial charge in [-0.25, -0.2) is 4.39 Å². The second-order valence-corrected chi connectivity index (χ2v) is 2.89. The Balaban J connectivity index is 2.48. The molecule has 0 saturated carbocycles. The summed E-state index contributed by atoms with van der Waals surface area (Å²) in [6.45, 7) is 2.19. The highest BCUT2D eigenvalue weighted by molar-refractivity contribution is 4.88. The average Bonchev–Trinajstić information content (AvgIpc) is 2.15. The van der Waals surface area contributed by atoms with Crippen molar-refractivity contribution < 1.29 is 14.2 Å². The number of ether oxygens (including phenoxy) is 1. The van der Waals surface area contributed by atoms with Gasteiger partial charge in [-0.15, -0.1) is 0 Å². The molecule has 1 fully saturated rings. The van der Waals surface area contributed by atoms with Crippen molar-refractivity contribution in [2.75, 3.05) is 13.2 Å². The van der Waals surface area contributed by atoms with Gasteiger partial charge in [-0.3, -0.25) is 0 Å². The van der Waals surface area contributed by atoms with Gasteiger partial charge in [0.1, 0.15) is 6.17 Å². The van der Waals surface area contributed by atoms with Crippen LogP contribution in [-0.2, 0) is 4.74 Å². The molecule has 60 valence electrons. The van der Waals surface area contributed by atoms with Gasteiger partial charge in [0, 0.05) is 19.4 Å². The van der Waals surface area contributed by atoms with E-state index in [1.165, 1.54) is 0 Å². The van der Waals surface area contributed by atoms with Crippen molar-refractivity contribution >= 4 is 0 Å². The standard InChI is InChI=1S/C7H13FO2/c1-7(3-4-9)6(8)2-5-10-7/h6,9H,2-5H2,1H3/t6-,7?/m1/s1. The predicted octanol–water partition coefficient (Wildman–Crippen LogP) is 0.886. The topological polar surface area (TPSA) is 29.5 Å². The zero-order chi connectivity index (χ0) is 7.61. The Morgan fingerprint density at radius 1 is 1.80 bits per heavy atom. The monoisotopic (exact) mass is 148 g/mol. The lowest BCUT2D eigenvalue weighted by Crippen LogP contribution is -2.33. The summed E-state index contributed by atoms with van der Waals surface area (Å²) >= 11 is 0. The van der Waals surface area contributed by atoms with Gasteiger partial charge in [0.25, 0.3) is 0 Å². The van der Waals surface area contributed by atoms with E-state index in [9.17, 15) is 4.39 Å². The van der Waals surface area contributed by atoms with Crippen molar-refractivity contribution in [2.45, 2.75) is 31.5 Å². The van der Waals surface area contributed by atoms with Crippen molar-refractivity contribution in [3.05, 3.63) is 0 Å². The molecular formula is C7H13FO2. The highest BCUT2D eigenvalue weighted by atomic mass is 19.1. The molecular weight excluding hydrogens is 135 g/mol. The van der Waals surface area contributed by atoms with Gasteiger partial charge in [0.15, 0.2) is 0 Å². The van der Waals surface area contributed by atoms with E-state index in [2.05, 4.69) is 0 Å². The number of aliphatic hydroxyl groups excluding tert-OH is 1. The number of aliphatic hydroxyl groups is 1. The maximum atomic E-state index is 12.9. The second kappa shape index (κ2) is 2.84. The van der Waals surface area contributed by atoms with Crippen LogP contribution in [0.25, 0.3) is 0 Å². The molecule has 1 unspecified atom stereocenters. The van der Waals surface area contributed by atoms with E-state index in [4.69, 9.17) is 9.84 Å². The maximum Gasteiger partial charge on any atom is 0.131 e. The van der Waals surface area contributed by atoms with Crippen LogP contribution in [0.4, 0.5) is 4.39 Å². The van der Waals surface area contributed by atoms with E-state index in [0.717, 1.165) is 0 Å². The molecule has 0 aliphatic carbocycles. The Kier molecular flexibility index (Phi) is 2.26. The molecule has 1 heterocycles. The molecule has 10 heavy (non-hydrogen) atoms. The van der Waals surface area contributed by atoms with E-state index < -0.39 is 11.8 Å². The van der Waals surface area contributed by atoms with Crippen molar-refractivity contribution in [2.24, 2.45) is 0 Å². The highest BCUT2D eigenvalue weighted by Crippen LogP contribution is 2.30. The van der Waals surface area contributed by atoms with Crippen LogP contribution in [0, 0.1) is 0 Å². The normalized spacial score (nSPS) is 40.5. The Bertz CT molecular complexity index is 118. The molecule has 2 atom stereocenters. The largest absolute Gasteiger partial charge is 0.396 e. The van der Waals surface area contributed by atoms with E-state index in [0.29, 0.717) is 19.4 Å². The number of halogens is 1. The summed E-state index contributed by atoms with van der Waals surface area (Å²) in [6.07, 6.45) is -0.0374. The first kappa shape index (κ1) is 7.95. The molecule has 0 aromatic rings. The third-order valence-corrected chi connectivity index (χ3v) is 2.07. The highest BCUT2D eigenvalue weighted by Gasteiger charge is 2.39. The van der Waals surface area contributed by atoms with Gasteiger partial charge in [0.05, 0.1) is 12.2 Å². The first-order valence-electron chi connectivity index (χ1n) is 3.58. The SMILES string of the molecule is CC1(CCO)OCC[C@H]1F. The molecule has 1 rings (SSSR count). The van der Waals surface area contributed by atoms with Crippen LogP contribution in [-0.4, -0.2) is 30.1 Å². The first-order chi connectivity index (χ1) is 4.69. The van der Waals surface area contributed by atoms with Gasteiger partial charge in [-0.2, -0.15) is 0 Å². The lowest BCUT2D eigenvalue weighted by atomic mass is 9.97. The molecule has 0 radical (unpaired) electrons. The number of alkyl halides is 1. The Labute approximate surface area is 60.0 Å². The van der Waals surface area contributed by atoms with Gasteiger partial charge >= 0.3 is 0 Å². The van der Waals surface area contributed by atoms with Crippen LogP contribution in [0.2, 0.25) is 0 Å². The van der Waals surface area contributed by atoms with Gasteiger partial charge < -0.3 is 9.84 Å². The zero-order valence-corrected chi connectivity index (χ0v) is 6.14. The molecule has 1 aliphatic rings. The van der Waals surface area contributed by atoms with Crippen molar-refractivity contribution in [1.29, 1.82) is 0 Å². The third-order valence-electron chi connectivity index (χ3n) is 2.07. The lowest BCUT2D eigenvalue weighted by Gasteiger charge is -2.24. The molecule has 2 nitrogen and oxygen atoms in total. The minimum Gasteiger partial charge on any atom is -0.396 e. The average molecular weight is 148 g/mol.